The van der Waals surface area contributed by atoms with Gasteiger partial charge >= 0.3 is 12.1 Å². The molecule has 2 aromatic carbocycles. The van der Waals surface area contributed by atoms with Crippen molar-refractivity contribution in [2.75, 3.05) is 11.9 Å². The molecule has 1 aromatic heterocycles. The first-order valence-electron chi connectivity index (χ1n) is 12.0. The summed E-state index contributed by atoms with van der Waals surface area (Å²) in [5, 5.41) is 0. The number of rotatable bonds is 7. The second kappa shape index (κ2) is 10.8. The molecule has 0 aliphatic carbocycles. The molecule has 202 valence electrons. The molecule has 0 saturated heterocycles. The number of aromatic nitrogens is 1. The fourth-order valence-electron chi connectivity index (χ4n) is 3.44. The number of carbonyl (C=O) groups excluding carboxylic acids is 2. The summed E-state index contributed by atoms with van der Waals surface area (Å²) in [5.74, 6) is -0.200. The number of amides is 1. The minimum Gasteiger partial charge on any atom is -0.476 e. The Morgan fingerprint density at radius 1 is 0.868 bits per heavy atom. The maximum absolute atomic E-state index is 12.8. The van der Waals surface area contributed by atoms with Crippen LogP contribution >= 0.6 is 0 Å². The number of hydrogen-bond donors (Lipinski definition) is 0. The van der Waals surface area contributed by atoms with Crippen molar-refractivity contribution >= 4 is 17.6 Å². The van der Waals surface area contributed by atoms with E-state index in [9.17, 15) is 22.8 Å². The summed E-state index contributed by atoms with van der Waals surface area (Å²) in [6.07, 6.45) is -2.78. The molecule has 9 heteroatoms. The molecule has 3 rings (SSSR count). The van der Waals surface area contributed by atoms with E-state index >= 15 is 0 Å². The largest absolute Gasteiger partial charge is 0.476 e. The van der Waals surface area contributed by atoms with Crippen LogP contribution < -0.4 is 9.64 Å². The smallest absolute Gasteiger partial charge is 0.416 e. The fourth-order valence-corrected chi connectivity index (χ4v) is 3.44. The van der Waals surface area contributed by atoms with Gasteiger partial charge in [0.15, 0.2) is 5.60 Å². The molecule has 0 saturated carbocycles. The Hall–Kier alpha value is -3.88. The Kier molecular flexibility index (Phi) is 8.19. The Labute approximate surface area is 220 Å². The van der Waals surface area contributed by atoms with E-state index in [0.29, 0.717) is 22.7 Å². The second-order valence-electron chi connectivity index (χ2n) is 10.4. The van der Waals surface area contributed by atoms with Crippen LogP contribution in [0.15, 0.2) is 66.9 Å². The number of benzene rings is 2. The third-order valence-electron chi connectivity index (χ3n) is 5.56. The molecular weight excluding hydrogens is 497 g/mol. The van der Waals surface area contributed by atoms with Crippen molar-refractivity contribution in [3.8, 4) is 17.0 Å². The first kappa shape index (κ1) is 28.7. The van der Waals surface area contributed by atoms with Gasteiger partial charge in [0.2, 0.25) is 5.91 Å². The van der Waals surface area contributed by atoms with Gasteiger partial charge in [0.1, 0.15) is 11.4 Å². The van der Waals surface area contributed by atoms with E-state index < -0.39 is 28.9 Å². The molecule has 1 amide bonds. The van der Waals surface area contributed by atoms with E-state index in [1.54, 1.807) is 78.1 Å². The van der Waals surface area contributed by atoms with Crippen molar-refractivity contribution in [3.63, 3.8) is 0 Å². The molecule has 0 N–H and O–H groups in total. The van der Waals surface area contributed by atoms with Gasteiger partial charge in [-0.25, -0.2) is 4.79 Å². The van der Waals surface area contributed by atoms with E-state index in [1.807, 2.05) is 0 Å². The van der Waals surface area contributed by atoms with Gasteiger partial charge in [-0.1, -0.05) is 24.3 Å². The lowest BCUT2D eigenvalue weighted by atomic mass is 10.1. The predicted octanol–water partition coefficient (Wildman–Crippen LogP) is 6.47. The van der Waals surface area contributed by atoms with Gasteiger partial charge in [0.25, 0.3) is 0 Å². The zero-order valence-corrected chi connectivity index (χ0v) is 22.2. The summed E-state index contributed by atoms with van der Waals surface area (Å²) < 4.78 is 49.6. The molecule has 1 heterocycles. The van der Waals surface area contributed by atoms with Gasteiger partial charge < -0.3 is 14.4 Å². The molecule has 6 nitrogen and oxygen atoms in total. The third kappa shape index (κ3) is 7.57. The lowest BCUT2D eigenvalue weighted by molar-refractivity contribution is -0.170. The quantitative estimate of drug-likeness (QED) is 0.329. The fraction of sp³-hybridized carbons (Fsp3) is 0.345. The highest BCUT2D eigenvalue weighted by Gasteiger charge is 2.35. The van der Waals surface area contributed by atoms with E-state index in [2.05, 4.69) is 4.98 Å². The topological polar surface area (TPSA) is 68.7 Å². The molecule has 0 atom stereocenters. The van der Waals surface area contributed by atoms with Crippen molar-refractivity contribution in [2.24, 2.45) is 0 Å². The van der Waals surface area contributed by atoms with Gasteiger partial charge in [-0.3, -0.25) is 9.78 Å². The van der Waals surface area contributed by atoms with Gasteiger partial charge in [0, 0.05) is 12.6 Å². The molecule has 0 aliphatic rings. The highest BCUT2D eigenvalue weighted by Crippen LogP contribution is 2.31. The number of nitrogens with zero attached hydrogens (tertiary/aromatic N) is 2. The first-order valence-corrected chi connectivity index (χ1v) is 12.0. The standard InChI is InChI=1S/C29H31F3N2O4/c1-27(2,3)38-26(36)28(4,5)37-23-14-7-19(8-15-23)17-25(35)34(6)22-13-16-24(33-18-22)20-9-11-21(12-10-20)29(30,31)32/h7-16,18H,17H2,1-6H3. The molecule has 0 aliphatic heterocycles. The first-order chi connectivity index (χ1) is 17.5. The van der Waals surface area contributed by atoms with Crippen LogP contribution in [-0.2, 0) is 26.9 Å². The monoisotopic (exact) mass is 528 g/mol. The number of hydrogen-bond acceptors (Lipinski definition) is 5. The summed E-state index contributed by atoms with van der Waals surface area (Å²) in [6, 6.07) is 15.0. The van der Waals surface area contributed by atoms with Crippen LogP contribution in [-0.4, -0.2) is 35.1 Å². The Morgan fingerprint density at radius 2 is 1.47 bits per heavy atom. The van der Waals surface area contributed by atoms with Gasteiger partial charge in [-0.15, -0.1) is 0 Å². The summed E-state index contributed by atoms with van der Waals surface area (Å²) >= 11 is 0. The molecular formula is C29H31F3N2O4. The average molecular weight is 529 g/mol. The number of pyridine rings is 1. The van der Waals surface area contributed by atoms with Gasteiger partial charge in [-0.05, 0) is 76.6 Å². The summed E-state index contributed by atoms with van der Waals surface area (Å²) in [6.45, 7) is 8.61. The van der Waals surface area contributed by atoms with E-state index in [0.717, 1.165) is 17.7 Å². The SMILES string of the molecule is CN(C(=O)Cc1ccc(OC(C)(C)C(=O)OC(C)(C)C)cc1)c1ccc(-c2ccc(C(F)(F)F)cc2)nc1. The molecule has 0 bridgehead atoms. The lowest BCUT2D eigenvalue weighted by Crippen LogP contribution is -2.43. The van der Waals surface area contributed by atoms with Crippen LogP contribution in [0.4, 0.5) is 18.9 Å². The minimum atomic E-state index is -4.40. The van der Waals surface area contributed by atoms with Crippen molar-refractivity contribution in [3.05, 3.63) is 78.0 Å². The van der Waals surface area contributed by atoms with Crippen molar-refractivity contribution < 1.29 is 32.2 Å². The van der Waals surface area contributed by atoms with Crippen LogP contribution in [0, 0.1) is 0 Å². The highest BCUT2D eigenvalue weighted by atomic mass is 19.4. The van der Waals surface area contributed by atoms with Crippen LogP contribution in [0.2, 0.25) is 0 Å². The Morgan fingerprint density at radius 3 is 1.97 bits per heavy atom. The van der Waals surface area contributed by atoms with Crippen molar-refractivity contribution in [2.45, 2.75) is 58.4 Å². The second-order valence-corrected chi connectivity index (χ2v) is 10.4. The zero-order valence-electron chi connectivity index (χ0n) is 22.2. The van der Waals surface area contributed by atoms with Crippen molar-refractivity contribution in [1.82, 2.24) is 4.98 Å². The molecule has 0 unspecified atom stereocenters. The number of carbonyl (C=O) groups is 2. The van der Waals surface area contributed by atoms with Crippen LogP contribution in [0.25, 0.3) is 11.3 Å². The lowest BCUT2D eigenvalue weighted by Gasteiger charge is -2.29. The maximum atomic E-state index is 12.8. The third-order valence-corrected chi connectivity index (χ3v) is 5.56. The number of anilines is 1. The molecule has 38 heavy (non-hydrogen) atoms. The minimum absolute atomic E-state index is 0.118. The zero-order chi connectivity index (χ0) is 28.3. The number of halogens is 3. The summed E-state index contributed by atoms with van der Waals surface area (Å²) in [4.78, 5) is 31.0. The number of likely N-dealkylation sites (N-methyl/N-ethyl adjacent to an activating group) is 1. The summed E-state index contributed by atoms with van der Waals surface area (Å²) in [5.41, 5.74) is -0.224. The highest BCUT2D eigenvalue weighted by molar-refractivity contribution is 5.94. The molecule has 3 aromatic rings. The van der Waals surface area contributed by atoms with E-state index in [4.69, 9.17) is 9.47 Å². The van der Waals surface area contributed by atoms with Crippen LogP contribution in [0.1, 0.15) is 45.7 Å². The number of alkyl halides is 3. The predicted molar refractivity (Wildman–Crippen MR) is 139 cm³/mol. The number of esters is 1. The van der Waals surface area contributed by atoms with Crippen molar-refractivity contribution in [1.29, 1.82) is 0 Å². The summed E-state index contributed by atoms with van der Waals surface area (Å²) in [7, 11) is 1.62. The Bertz CT molecular complexity index is 1260. The van der Waals surface area contributed by atoms with Gasteiger partial charge in [0.05, 0.1) is 29.6 Å². The molecule has 0 spiro atoms. The Balaban J connectivity index is 1.61. The average Bonchev–Trinajstić information content (AvgIpc) is 2.83. The van der Waals surface area contributed by atoms with E-state index in [-0.39, 0.29) is 12.3 Å². The normalized spacial score (nSPS) is 12.1. The van der Waals surface area contributed by atoms with E-state index in [1.165, 1.54) is 23.2 Å². The maximum Gasteiger partial charge on any atom is 0.416 e. The molecule has 0 radical (unpaired) electrons. The van der Waals surface area contributed by atoms with Crippen LogP contribution in [0.5, 0.6) is 5.75 Å². The van der Waals surface area contributed by atoms with Crippen LogP contribution in [0.3, 0.4) is 0 Å². The molecule has 0 fully saturated rings. The van der Waals surface area contributed by atoms with Gasteiger partial charge in [-0.2, -0.15) is 13.2 Å². The number of ether oxygens (including phenoxy) is 2.